The van der Waals surface area contributed by atoms with E-state index in [9.17, 15) is 17.6 Å². The lowest BCUT2D eigenvalue weighted by molar-refractivity contribution is 0.0711. The van der Waals surface area contributed by atoms with Gasteiger partial charge in [0, 0.05) is 24.7 Å². The van der Waals surface area contributed by atoms with Crippen molar-refractivity contribution in [2.75, 3.05) is 30.8 Å². The zero-order valence-corrected chi connectivity index (χ0v) is 22.9. The third kappa shape index (κ3) is 8.65. The number of carbonyl (C=O) groups excluding carboxylic acids is 1. The van der Waals surface area contributed by atoms with Gasteiger partial charge in [0.15, 0.2) is 0 Å². The van der Waals surface area contributed by atoms with E-state index in [2.05, 4.69) is 5.32 Å². The Hall–Kier alpha value is -3.27. The first kappa shape index (κ1) is 29.3. The fourth-order valence-corrected chi connectivity index (χ4v) is 4.48. The second kappa shape index (κ2) is 13.0. The lowest BCUT2D eigenvalue weighted by atomic mass is 9.90. The molecule has 3 N–H and O–H groups in total. The molecule has 204 valence electrons. The van der Waals surface area contributed by atoms with E-state index in [1.165, 1.54) is 25.2 Å². The monoisotopic (exact) mass is 541 g/mol. The number of carbonyl (C=O) groups is 1. The molecule has 9 heteroatoms. The lowest BCUT2D eigenvalue weighted by Gasteiger charge is -2.28. The van der Waals surface area contributed by atoms with Crippen LogP contribution in [0.4, 0.5) is 10.1 Å². The number of hydrogen-bond donors (Lipinski definition) is 2. The summed E-state index contributed by atoms with van der Waals surface area (Å²) in [5.74, 6) is -0.659. The first-order chi connectivity index (χ1) is 18.0. The van der Waals surface area contributed by atoms with Crippen molar-refractivity contribution >= 4 is 21.6 Å². The number of anilines is 1. The number of rotatable bonds is 13. The van der Waals surface area contributed by atoms with Crippen molar-refractivity contribution in [2.24, 2.45) is 5.73 Å². The number of benzene rings is 3. The van der Waals surface area contributed by atoms with Crippen LogP contribution in [0.5, 0.6) is 0 Å². The quantitative estimate of drug-likeness (QED) is 0.340. The van der Waals surface area contributed by atoms with Crippen molar-refractivity contribution in [3.05, 3.63) is 101 Å². The molecule has 1 amide bonds. The molecule has 0 aliphatic carbocycles. The zero-order chi connectivity index (χ0) is 27.8. The molecule has 1 atom stereocenters. The van der Waals surface area contributed by atoms with Gasteiger partial charge in [0.1, 0.15) is 5.82 Å². The number of hydrogen-bond acceptors (Lipinski definition) is 5. The fourth-order valence-electron chi connectivity index (χ4n) is 3.99. The lowest BCUT2D eigenvalue weighted by Crippen LogP contribution is -2.46. The summed E-state index contributed by atoms with van der Waals surface area (Å²) in [6, 6.07) is 21.0. The van der Waals surface area contributed by atoms with Crippen LogP contribution >= 0.6 is 0 Å². The van der Waals surface area contributed by atoms with Crippen LogP contribution in [0.25, 0.3) is 0 Å². The first-order valence-electron chi connectivity index (χ1n) is 12.5. The third-order valence-electron chi connectivity index (χ3n) is 6.47. The molecule has 0 bridgehead atoms. The van der Waals surface area contributed by atoms with Crippen LogP contribution in [0.15, 0.2) is 72.8 Å². The maximum Gasteiger partial charge on any atom is 0.251 e. The summed E-state index contributed by atoms with van der Waals surface area (Å²) in [6.07, 6.45) is 3.00. The van der Waals surface area contributed by atoms with E-state index in [-0.39, 0.29) is 18.3 Å². The molecule has 0 fully saturated rings. The second-order valence-corrected chi connectivity index (χ2v) is 11.6. The third-order valence-corrected chi connectivity index (χ3v) is 7.68. The highest BCUT2D eigenvalue weighted by Crippen LogP contribution is 2.22. The van der Waals surface area contributed by atoms with E-state index in [0.29, 0.717) is 49.2 Å². The Balaban J connectivity index is 1.71. The largest absolute Gasteiger partial charge is 0.375 e. The number of nitrogens with zero attached hydrogens (tertiary/aromatic N) is 1. The van der Waals surface area contributed by atoms with Crippen LogP contribution < -0.4 is 15.4 Å². The van der Waals surface area contributed by atoms with Crippen molar-refractivity contribution in [1.82, 2.24) is 5.32 Å². The van der Waals surface area contributed by atoms with Crippen molar-refractivity contribution in [1.29, 1.82) is 0 Å². The predicted molar refractivity (Wildman–Crippen MR) is 149 cm³/mol. The predicted octanol–water partition coefficient (Wildman–Crippen LogP) is 4.06. The summed E-state index contributed by atoms with van der Waals surface area (Å²) in [6.45, 7) is 2.81. The van der Waals surface area contributed by atoms with Crippen molar-refractivity contribution in [2.45, 2.75) is 38.3 Å². The Labute approximate surface area is 224 Å². The van der Waals surface area contributed by atoms with Gasteiger partial charge < -0.3 is 15.8 Å². The van der Waals surface area contributed by atoms with Gasteiger partial charge in [-0.25, -0.2) is 12.8 Å². The number of nitrogens with two attached hydrogens (primary N) is 1. The molecule has 38 heavy (non-hydrogen) atoms. The standard InChI is InChI=1S/C29H36FN3O4S/c1-4-29(31,19-23-8-6-5-7-9-23)21-37-20-24-16-25(18-27(17-24)33(2)38(3,35)36)28(34)32-15-14-22-10-12-26(30)13-11-22/h5-13,16-18H,4,14-15,19-21,31H2,1-3H3,(H,32,34). The van der Waals surface area contributed by atoms with Gasteiger partial charge in [-0.05, 0) is 66.3 Å². The Bertz CT molecular complexity index is 1320. The number of amides is 1. The van der Waals surface area contributed by atoms with Crippen molar-refractivity contribution in [3.8, 4) is 0 Å². The topological polar surface area (TPSA) is 102 Å². The molecule has 0 spiro atoms. The minimum absolute atomic E-state index is 0.162. The maximum atomic E-state index is 13.1. The van der Waals surface area contributed by atoms with Crippen LogP contribution in [0.3, 0.4) is 0 Å². The molecule has 0 saturated heterocycles. The minimum atomic E-state index is -3.54. The van der Waals surface area contributed by atoms with E-state index in [1.54, 1.807) is 24.3 Å². The Morgan fingerprint density at radius 3 is 2.34 bits per heavy atom. The molecule has 0 heterocycles. The fraction of sp³-hybridized carbons (Fsp3) is 0.345. The van der Waals surface area contributed by atoms with E-state index in [1.807, 2.05) is 37.3 Å². The molecule has 0 radical (unpaired) electrons. The van der Waals surface area contributed by atoms with Gasteiger partial charge in [-0.15, -0.1) is 0 Å². The van der Waals surface area contributed by atoms with Gasteiger partial charge in [-0.2, -0.15) is 0 Å². The summed E-state index contributed by atoms with van der Waals surface area (Å²) >= 11 is 0. The van der Waals surface area contributed by atoms with Gasteiger partial charge in [0.2, 0.25) is 10.0 Å². The Morgan fingerprint density at radius 1 is 1.03 bits per heavy atom. The molecule has 7 nitrogen and oxygen atoms in total. The molecule has 3 aromatic carbocycles. The van der Waals surface area contributed by atoms with Crippen molar-refractivity contribution in [3.63, 3.8) is 0 Å². The molecule has 0 saturated carbocycles. The molecule has 3 aromatic rings. The van der Waals surface area contributed by atoms with Gasteiger partial charge in [0.05, 0.1) is 25.2 Å². The number of sulfonamides is 1. The SMILES string of the molecule is CCC(N)(COCc1cc(C(=O)NCCc2ccc(F)cc2)cc(N(C)S(C)(=O)=O)c1)Cc1ccccc1. The summed E-state index contributed by atoms with van der Waals surface area (Å²) in [4.78, 5) is 12.9. The molecule has 0 aliphatic heterocycles. The van der Waals surface area contributed by atoms with E-state index < -0.39 is 15.6 Å². The minimum Gasteiger partial charge on any atom is -0.375 e. The molecular weight excluding hydrogens is 505 g/mol. The van der Waals surface area contributed by atoms with E-state index in [4.69, 9.17) is 10.5 Å². The smallest absolute Gasteiger partial charge is 0.251 e. The van der Waals surface area contributed by atoms with Gasteiger partial charge in [-0.3, -0.25) is 9.10 Å². The van der Waals surface area contributed by atoms with Crippen LogP contribution in [0.2, 0.25) is 0 Å². The number of ether oxygens (including phenoxy) is 1. The summed E-state index contributed by atoms with van der Waals surface area (Å²) < 4.78 is 44.6. The number of nitrogens with one attached hydrogen (secondary N) is 1. The van der Waals surface area contributed by atoms with Crippen LogP contribution in [0.1, 0.15) is 40.4 Å². The first-order valence-corrected chi connectivity index (χ1v) is 14.3. The van der Waals surface area contributed by atoms with Gasteiger partial charge >= 0.3 is 0 Å². The highest BCUT2D eigenvalue weighted by atomic mass is 32.2. The summed E-state index contributed by atoms with van der Waals surface area (Å²) in [5.41, 5.74) is 9.39. The van der Waals surface area contributed by atoms with Crippen LogP contribution in [-0.2, 0) is 34.2 Å². The normalized spacial score (nSPS) is 13.1. The Kier molecular flexibility index (Phi) is 10.0. The molecule has 0 aliphatic rings. The summed E-state index contributed by atoms with van der Waals surface area (Å²) in [7, 11) is -2.11. The second-order valence-electron chi connectivity index (χ2n) is 9.62. The average molecular weight is 542 g/mol. The van der Waals surface area contributed by atoms with E-state index in [0.717, 1.165) is 21.7 Å². The van der Waals surface area contributed by atoms with Crippen molar-refractivity contribution < 1.29 is 22.3 Å². The maximum absolute atomic E-state index is 13.1. The molecule has 3 rings (SSSR count). The highest BCUT2D eigenvalue weighted by Gasteiger charge is 2.24. The van der Waals surface area contributed by atoms with Gasteiger partial charge in [0.25, 0.3) is 5.91 Å². The zero-order valence-electron chi connectivity index (χ0n) is 22.1. The van der Waals surface area contributed by atoms with Gasteiger partial charge in [-0.1, -0.05) is 49.4 Å². The number of halogens is 1. The Morgan fingerprint density at radius 2 is 1.71 bits per heavy atom. The molecular formula is C29H36FN3O4S. The molecule has 1 unspecified atom stereocenters. The summed E-state index contributed by atoms with van der Waals surface area (Å²) in [5, 5.41) is 2.85. The van der Waals surface area contributed by atoms with E-state index >= 15 is 0 Å². The van der Waals surface area contributed by atoms with Crippen LogP contribution in [-0.4, -0.2) is 46.3 Å². The average Bonchev–Trinajstić information content (AvgIpc) is 2.89. The molecule has 0 aromatic heterocycles. The highest BCUT2D eigenvalue weighted by molar-refractivity contribution is 7.92. The van der Waals surface area contributed by atoms with Crippen LogP contribution in [0, 0.1) is 5.82 Å².